The molecular formula is C22H26FN3O3S. The van der Waals surface area contributed by atoms with Gasteiger partial charge in [0.05, 0.1) is 11.4 Å². The summed E-state index contributed by atoms with van der Waals surface area (Å²) in [6, 6.07) is 10.4. The minimum Gasteiger partial charge on any atom is -0.368 e. The van der Waals surface area contributed by atoms with E-state index in [1.165, 1.54) is 28.9 Å². The fourth-order valence-corrected chi connectivity index (χ4v) is 5.81. The summed E-state index contributed by atoms with van der Waals surface area (Å²) in [7, 11) is -3.46. The average molecular weight is 432 g/mol. The maximum Gasteiger partial charge on any atom is 0.254 e. The highest BCUT2D eigenvalue weighted by Crippen LogP contribution is 2.28. The Morgan fingerprint density at radius 1 is 0.933 bits per heavy atom. The fraction of sp³-hybridized carbons (Fsp3) is 0.409. The first-order valence-corrected chi connectivity index (χ1v) is 11.8. The first-order valence-electron chi connectivity index (χ1n) is 10.2. The van der Waals surface area contributed by atoms with Crippen LogP contribution in [0.1, 0.15) is 27.9 Å². The summed E-state index contributed by atoms with van der Waals surface area (Å²) in [5, 5.41) is 0. The van der Waals surface area contributed by atoms with Crippen molar-refractivity contribution in [3.8, 4) is 0 Å². The zero-order valence-electron chi connectivity index (χ0n) is 17.3. The van der Waals surface area contributed by atoms with E-state index in [0.717, 1.165) is 10.4 Å². The predicted octanol–water partition coefficient (Wildman–Crippen LogP) is 2.94. The van der Waals surface area contributed by atoms with Crippen molar-refractivity contribution < 1.29 is 17.6 Å². The smallest absolute Gasteiger partial charge is 0.254 e. The molecule has 0 spiro atoms. The van der Waals surface area contributed by atoms with Crippen molar-refractivity contribution in [2.75, 3.05) is 47.7 Å². The number of hydrogen-bond acceptors (Lipinski definition) is 4. The molecule has 6 nitrogen and oxygen atoms in total. The minimum atomic E-state index is -3.46. The van der Waals surface area contributed by atoms with Gasteiger partial charge in [0.1, 0.15) is 5.82 Å². The number of aryl methyl sites for hydroxylation is 2. The van der Waals surface area contributed by atoms with Crippen molar-refractivity contribution in [2.24, 2.45) is 0 Å². The van der Waals surface area contributed by atoms with Crippen LogP contribution < -0.4 is 9.21 Å². The molecule has 4 rings (SSSR count). The first-order chi connectivity index (χ1) is 14.3. The Kier molecular flexibility index (Phi) is 5.44. The lowest BCUT2D eigenvalue weighted by atomic mass is 10.1. The molecule has 8 heteroatoms. The minimum absolute atomic E-state index is 0.0173. The van der Waals surface area contributed by atoms with E-state index in [-0.39, 0.29) is 29.5 Å². The molecule has 1 amide bonds. The summed E-state index contributed by atoms with van der Waals surface area (Å²) in [6.07, 6.45) is 0.479. The van der Waals surface area contributed by atoms with Gasteiger partial charge in [0, 0.05) is 44.0 Å². The molecule has 2 aliphatic rings. The molecule has 160 valence electrons. The number of carbonyl (C=O) groups is 1. The van der Waals surface area contributed by atoms with Crippen molar-refractivity contribution in [1.29, 1.82) is 0 Å². The van der Waals surface area contributed by atoms with Crippen LogP contribution in [-0.2, 0) is 10.0 Å². The van der Waals surface area contributed by atoms with E-state index < -0.39 is 15.8 Å². The summed E-state index contributed by atoms with van der Waals surface area (Å²) in [5.41, 5.74) is 3.87. The van der Waals surface area contributed by atoms with Crippen molar-refractivity contribution in [3.05, 3.63) is 58.9 Å². The maximum absolute atomic E-state index is 14.6. The van der Waals surface area contributed by atoms with Crippen LogP contribution in [0.25, 0.3) is 0 Å². The van der Waals surface area contributed by atoms with E-state index in [2.05, 4.69) is 36.9 Å². The molecule has 2 aliphatic heterocycles. The fourth-order valence-electron chi connectivity index (χ4n) is 4.25. The average Bonchev–Trinajstić information content (AvgIpc) is 3.06. The van der Waals surface area contributed by atoms with Gasteiger partial charge in [-0.1, -0.05) is 17.7 Å². The number of hydrogen-bond donors (Lipinski definition) is 0. The number of halogens is 1. The molecular weight excluding hydrogens is 405 g/mol. The largest absolute Gasteiger partial charge is 0.368 e. The monoisotopic (exact) mass is 431 g/mol. The number of amides is 1. The Morgan fingerprint density at radius 3 is 2.23 bits per heavy atom. The number of piperazine rings is 1. The number of benzene rings is 2. The Hall–Kier alpha value is -2.61. The molecule has 2 heterocycles. The molecule has 0 unspecified atom stereocenters. The molecule has 0 aromatic heterocycles. The van der Waals surface area contributed by atoms with Gasteiger partial charge in [-0.3, -0.25) is 9.10 Å². The second kappa shape index (κ2) is 7.91. The van der Waals surface area contributed by atoms with Crippen LogP contribution in [0.3, 0.4) is 0 Å². The van der Waals surface area contributed by atoms with Gasteiger partial charge in [0.25, 0.3) is 5.91 Å². The van der Waals surface area contributed by atoms with E-state index in [0.29, 0.717) is 32.6 Å². The van der Waals surface area contributed by atoms with Crippen LogP contribution in [0.5, 0.6) is 0 Å². The lowest BCUT2D eigenvalue weighted by Gasteiger charge is -2.37. The van der Waals surface area contributed by atoms with Gasteiger partial charge in [-0.15, -0.1) is 0 Å². The van der Waals surface area contributed by atoms with Gasteiger partial charge < -0.3 is 9.80 Å². The Bertz CT molecular complexity index is 1080. The van der Waals surface area contributed by atoms with E-state index in [9.17, 15) is 17.6 Å². The third-order valence-corrected chi connectivity index (χ3v) is 7.68. The number of sulfonamides is 1. The molecule has 0 aliphatic carbocycles. The SMILES string of the molecule is Cc1ccc(N2CCN(C(=O)c3ccc(N4CCCS4(=O)=O)c(F)c3)CC2)c(C)c1. The van der Waals surface area contributed by atoms with Gasteiger partial charge in [-0.2, -0.15) is 0 Å². The third-order valence-electron chi connectivity index (χ3n) is 5.82. The summed E-state index contributed by atoms with van der Waals surface area (Å²) >= 11 is 0. The van der Waals surface area contributed by atoms with Crippen molar-refractivity contribution in [3.63, 3.8) is 0 Å². The molecule has 30 heavy (non-hydrogen) atoms. The van der Waals surface area contributed by atoms with Crippen molar-refractivity contribution in [2.45, 2.75) is 20.3 Å². The van der Waals surface area contributed by atoms with Crippen molar-refractivity contribution in [1.82, 2.24) is 4.90 Å². The van der Waals surface area contributed by atoms with Gasteiger partial charge in [-0.05, 0) is 50.1 Å². The molecule has 2 saturated heterocycles. The van der Waals surface area contributed by atoms with Crippen LogP contribution in [0, 0.1) is 19.7 Å². The number of rotatable bonds is 3. The van der Waals surface area contributed by atoms with E-state index in [4.69, 9.17) is 0 Å². The highest BCUT2D eigenvalue weighted by Gasteiger charge is 2.31. The maximum atomic E-state index is 14.6. The predicted molar refractivity (Wildman–Crippen MR) is 116 cm³/mol. The number of anilines is 2. The van der Waals surface area contributed by atoms with Gasteiger partial charge in [-0.25, -0.2) is 12.8 Å². The second-order valence-corrected chi connectivity index (χ2v) is 9.99. The van der Waals surface area contributed by atoms with Crippen LogP contribution in [0.15, 0.2) is 36.4 Å². The van der Waals surface area contributed by atoms with Crippen LogP contribution in [0.2, 0.25) is 0 Å². The molecule has 0 N–H and O–H groups in total. The quantitative estimate of drug-likeness (QED) is 0.750. The first kappa shape index (κ1) is 20.7. The third kappa shape index (κ3) is 3.88. The Balaban J connectivity index is 1.45. The summed E-state index contributed by atoms with van der Waals surface area (Å²) in [6.45, 7) is 6.95. The van der Waals surface area contributed by atoms with E-state index >= 15 is 0 Å². The molecule has 0 bridgehead atoms. The number of carbonyl (C=O) groups excluding carboxylic acids is 1. The molecule has 2 fully saturated rings. The Morgan fingerprint density at radius 2 is 1.63 bits per heavy atom. The highest BCUT2D eigenvalue weighted by molar-refractivity contribution is 7.93. The highest BCUT2D eigenvalue weighted by atomic mass is 32.2. The molecule has 0 saturated carbocycles. The Labute approximate surface area is 176 Å². The lowest BCUT2D eigenvalue weighted by molar-refractivity contribution is 0.0746. The number of nitrogens with zero attached hydrogens (tertiary/aromatic N) is 3. The molecule has 0 atom stereocenters. The molecule has 0 radical (unpaired) electrons. The lowest BCUT2D eigenvalue weighted by Crippen LogP contribution is -2.49. The van der Waals surface area contributed by atoms with Gasteiger partial charge >= 0.3 is 0 Å². The zero-order valence-corrected chi connectivity index (χ0v) is 18.1. The summed E-state index contributed by atoms with van der Waals surface area (Å²) < 4.78 is 39.8. The normalized spacial score (nSPS) is 18.7. The van der Waals surface area contributed by atoms with Crippen LogP contribution in [-0.4, -0.2) is 57.7 Å². The topological polar surface area (TPSA) is 60.9 Å². The van der Waals surface area contributed by atoms with E-state index in [1.54, 1.807) is 4.90 Å². The van der Waals surface area contributed by atoms with Gasteiger partial charge in [0.2, 0.25) is 10.0 Å². The zero-order chi connectivity index (χ0) is 21.5. The second-order valence-electron chi connectivity index (χ2n) is 7.98. The summed E-state index contributed by atoms with van der Waals surface area (Å²) in [5.74, 6) is -0.886. The van der Waals surface area contributed by atoms with Gasteiger partial charge in [0.15, 0.2) is 0 Å². The molecule has 2 aromatic rings. The summed E-state index contributed by atoms with van der Waals surface area (Å²) in [4.78, 5) is 16.9. The van der Waals surface area contributed by atoms with Crippen LogP contribution >= 0.6 is 0 Å². The van der Waals surface area contributed by atoms with E-state index in [1.807, 2.05) is 0 Å². The molecule has 2 aromatic carbocycles. The van der Waals surface area contributed by atoms with Crippen molar-refractivity contribution >= 4 is 27.3 Å². The van der Waals surface area contributed by atoms with Crippen LogP contribution in [0.4, 0.5) is 15.8 Å². The standard InChI is InChI=1S/C22H26FN3O3S/c1-16-4-6-20(17(2)14-16)24-9-11-25(12-10-24)22(27)18-5-7-21(19(23)15-18)26-8-3-13-30(26,28)29/h4-7,14-15H,3,8-13H2,1-2H3.